The normalized spacial score (nSPS) is 35.1. The SMILES string of the molecule is O=C(COC(=O)C1C2CC3CC(C2)CC1C3)NCCN1C(=O)CSC1=O. The molecule has 7 nitrogen and oxygen atoms in total. The Morgan fingerprint density at radius 1 is 1.08 bits per heavy atom. The summed E-state index contributed by atoms with van der Waals surface area (Å²) in [5.74, 6) is 1.73. The van der Waals surface area contributed by atoms with E-state index >= 15 is 0 Å². The molecule has 26 heavy (non-hydrogen) atoms. The summed E-state index contributed by atoms with van der Waals surface area (Å²) < 4.78 is 5.29. The third-order valence-electron chi connectivity index (χ3n) is 6.34. The van der Waals surface area contributed by atoms with E-state index in [-0.39, 0.29) is 48.5 Å². The summed E-state index contributed by atoms with van der Waals surface area (Å²) in [6.07, 6.45) is 5.87. The average molecular weight is 380 g/mol. The first-order valence-electron chi connectivity index (χ1n) is 9.41. The van der Waals surface area contributed by atoms with E-state index in [1.807, 2.05) is 0 Å². The molecular weight excluding hydrogens is 356 g/mol. The molecule has 0 spiro atoms. The molecule has 5 rings (SSSR count). The molecule has 1 heterocycles. The third-order valence-corrected chi connectivity index (χ3v) is 7.20. The molecule has 1 aliphatic heterocycles. The van der Waals surface area contributed by atoms with Gasteiger partial charge in [0.2, 0.25) is 5.91 Å². The number of carbonyl (C=O) groups excluding carboxylic acids is 4. The summed E-state index contributed by atoms with van der Waals surface area (Å²) >= 11 is 0.969. The van der Waals surface area contributed by atoms with Gasteiger partial charge in [0.05, 0.1) is 11.7 Å². The highest BCUT2D eigenvalue weighted by molar-refractivity contribution is 8.14. The number of carbonyl (C=O) groups is 4. The summed E-state index contributed by atoms with van der Waals surface area (Å²) in [6, 6.07) is 0. The molecule has 8 heteroatoms. The maximum absolute atomic E-state index is 12.5. The second kappa shape index (κ2) is 7.21. The zero-order valence-electron chi connectivity index (χ0n) is 14.6. The summed E-state index contributed by atoms with van der Waals surface area (Å²) in [6.45, 7) is 0.0324. The van der Waals surface area contributed by atoms with Gasteiger partial charge in [-0.1, -0.05) is 11.8 Å². The number of nitrogens with zero attached hydrogens (tertiary/aromatic N) is 1. The maximum Gasteiger partial charge on any atom is 0.310 e. The molecule has 1 N–H and O–H groups in total. The van der Waals surface area contributed by atoms with Gasteiger partial charge in [-0.15, -0.1) is 0 Å². The maximum atomic E-state index is 12.5. The van der Waals surface area contributed by atoms with E-state index in [9.17, 15) is 19.2 Å². The van der Waals surface area contributed by atoms with Gasteiger partial charge < -0.3 is 10.1 Å². The van der Waals surface area contributed by atoms with E-state index in [2.05, 4.69) is 5.32 Å². The molecule has 4 aliphatic carbocycles. The Morgan fingerprint density at radius 3 is 2.31 bits per heavy atom. The van der Waals surface area contributed by atoms with Crippen LogP contribution in [-0.2, 0) is 19.1 Å². The highest BCUT2D eigenvalue weighted by Crippen LogP contribution is 2.56. The van der Waals surface area contributed by atoms with Crippen molar-refractivity contribution >= 4 is 34.8 Å². The van der Waals surface area contributed by atoms with Crippen LogP contribution in [0, 0.1) is 29.6 Å². The Balaban J connectivity index is 1.19. The van der Waals surface area contributed by atoms with Gasteiger partial charge in [-0.2, -0.15) is 0 Å². The zero-order chi connectivity index (χ0) is 18.3. The predicted molar refractivity (Wildman–Crippen MR) is 94.1 cm³/mol. The van der Waals surface area contributed by atoms with Gasteiger partial charge in [-0.05, 0) is 55.8 Å². The Morgan fingerprint density at radius 2 is 1.73 bits per heavy atom. The molecule has 0 radical (unpaired) electrons. The smallest absolute Gasteiger partial charge is 0.310 e. The van der Waals surface area contributed by atoms with Crippen molar-refractivity contribution < 1.29 is 23.9 Å². The minimum absolute atomic E-state index is 0.0348. The van der Waals surface area contributed by atoms with Gasteiger partial charge >= 0.3 is 5.97 Å². The summed E-state index contributed by atoms with van der Waals surface area (Å²) in [5, 5.41) is 2.32. The molecule has 142 valence electrons. The number of amides is 3. The van der Waals surface area contributed by atoms with Crippen molar-refractivity contribution in [1.29, 1.82) is 0 Å². The molecular formula is C18H24N2O5S. The number of hydrogen-bond donors (Lipinski definition) is 1. The first-order chi connectivity index (χ1) is 12.5. The number of hydrogen-bond acceptors (Lipinski definition) is 6. The largest absolute Gasteiger partial charge is 0.455 e. The van der Waals surface area contributed by atoms with Crippen molar-refractivity contribution in [2.24, 2.45) is 29.6 Å². The molecule has 3 amide bonds. The van der Waals surface area contributed by atoms with E-state index in [1.54, 1.807) is 0 Å². The molecule has 4 saturated carbocycles. The first-order valence-corrected chi connectivity index (χ1v) is 10.4. The van der Waals surface area contributed by atoms with E-state index in [1.165, 1.54) is 6.42 Å². The van der Waals surface area contributed by atoms with Crippen LogP contribution in [0.1, 0.15) is 32.1 Å². The van der Waals surface area contributed by atoms with Crippen molar-refractivity contribution in [3.63, 3.8) is 0 Å². The molecule has 0 aromatic heterocycles. The molecule has 0 atom stereocenters. The van der Waals surface area contributed by atoms with Crippen LogP contribution in [0.5, 0.6) is 0 Å². The molecule has 0 unspecified atom stereocenters. The zero-order valence-corrected chi connectivity index (χ0v) is 15.5. The number of thioether (sulfide) groups is 1. The molecule has 4 bridgehead atoms. The monoisotopic (exact) mass is 380 g/mol. The Labute approximate surface area is 156 Å². The highest BCUT2D eigenvalue weighted by Gasteiger charge is 2.51. The van der Waals surface area contributed by atoms with Crippen molar-refractivity contribution in [2.45, 2.75) is 32.1 Å². The number of rotatable bonds is 6. The van der Waals surface area contributed by atoms with Gasteiger partial charge in [0.1, 0.15) is 0 Å². The Hall–Kier alpha value is -1.57. The van der Waals surface area contributed by atoms with Crippen LogP contribution in [0.15, 0.2) is 0 Å². The van der Waals surface area contributed by atoms with E-state index in [4.69, 9.17) is 4.74 Å². The Kier molecular flexibility index (Phi) is 4.94. The molecule has 1 saturated heterocycles. The summed E-state index contributed by atoms with van der Waals surface area (Å²) in [7, 11) is 0. The summed E-state index contributed by atoms with van der Waals surface area (Å²) in [5.41, 5.74) is 0. The van der Waals surface area contributed by atoms with Crippen molar-refractivity contribution in [2.75, 3.05) is 25.4 Å². The number of ether oxygens (including phenoxy) is 1. The van der Waals surface area contributed by atoms with Crippen LogP contribution in [0.4, 0.5) is 4.79 Å². The lowest BCUT2D eigenvalue weighted by molar-refractivity contribution is -0.164. The fourth-order valence-corrected chi connectivity index (χ4v) is 6.25. The summed E-state index contributed by atoms with van der Waals surface area (Å²) in [4.78, 5) is 48.5. The molecule has 5 fully saturated rings. The second-order valence-corrected chi connectivity index (χ2v) is 8.94. The lowest BCUT2D eigenvalue weighted by Crippen LogP contribution is -2.48. The average Bonchev–Trinajstić information content (AvgIpc) is 2.91. The molecule has 0 aromatic carbocycles. The second-order valence-electron chi connectivity index (χ2n) is 8.01. The minimum atomic E-state index is -0.395. The van der Waals surface area contributed by atoms with Crippen LogP contribution in [0.2, 0.25) is 0 Å². The van der Waals surface area contributed by atoms with Crippen molar-refractivity contribution in [3.8, 4) is 0 Å². The van der Waals surface area contributed by atoms with E-state index < -0.39 is 5.91 Å². The number of imide groups is 1. The van der Waals surface area contributed by atoms with Gasteiger partial charge in [0.25, 0.3) is 11.1 Å². The van der Waals surface area contributed by atoms with Crippen LogP contribution in [0.3, 0.4) is 0 Å². The lowest BCUT2D eigenvalue weighted by Gasteiger charge is -2.53. The fraction of sp³-hybridized carbons (Fsp3) is 0.778. The molecule has 5 aliphatic rings. The van der Waals surface area contributed by atoms with Crippen molar-refractivity contribution in [3.05, 3.63) is 0 Å². The van der Waals surface area contributed by atoms with Gasteiger partial charge in [-0.25, -0.2) is 0 Å². The fourth-order valence-electron chi connectivity index (χ4n) is 5.50. The van der Waals surface area contributed by atoms with Gasteiger partial charge in [0.15, 0.2) is 6.61 Å². The lowest BCUT2D eigenvalue weighted by atomic mass is 9.52. The minimum Gasteiger partial charge on any atom is -0.455 e. The third kappa shape index (κ3) is 3.48. The highest BCUT2D eigenvalue weighted by atomic mass is 32.2. The van der Waals surface area contributed by atoms with Crippen molar-refractivity contribution in [1.82, 2.24) is 10.2 Å². The van der Waals surface area contributed by atoms with Crippen LogP contribution in [-0.4, -0.2) is 53.4 Å². The topological polar surface area (TPSA) is 92.8 Å². The van der Waals surface area contributed by atoms with Crippen LogP contribution >= 0.6 is 11.8 Å². The van der Waals surface area contributed by atoms with E-state index in [0.29, 0.717) is 11.8 Å². The predicted octanol–water partition coefficient (Wildman–Crippen LogP) is 1.41. The van der Waals surface area contributed by atoms with Gasteiger partial charge in [0, 0.05) is 13.1 Å². The quantitative estimate of drug-likeness (QED) is 0.701. The van der Waals surface area contributed by atoms with Crippen LogP contribution < -0.4 is 5.32 Å². The van der Waals surface area contributed by atoms with Crippen LogP contribution in [0.25, 0.3) is 0 Å². The van der Waals surface area contributed by atoms with E-state index in [0.717, 1.165) is 54.2 Å². The van der Waals surface area contributed by atoms with Gasteiger partial charge in [-0.3, -0.25) is 24.1 Å². The Bertz CT molecular complexity index is 593. The first kappa shape index (κ1) is 17.8. The molecule has 0 aromatic rings. The number of nitrogens with one attached hydrogen (secondary N) is 1. The standard InChI is InChI=1S/C18H24N2O5S/c21-14(19-1-2-20-15(22)9-26-18(20)24)8-25-17(23)16-12-4-10-3-11(6-12)7-13(16)5-10/h10-13,16H,1-9H2,(H,19,21). The number of esters is 1.